The number of anilines is 1. The molecule has 0 saturated heterocycles. The Kier molecular flexibility index (Phi) is 7.23. The minimum absolute atomic E-state index is 0.146. The van der Waals surface area contributed by atoms with Crippen LogP contribution in [0.4, 0.5) is 5.69 Å². The molecule has 7 nitrogen and oxygen atoms in total. The topological polar surface area (TPSA) is 81.1 Å². The van der Waals surface area contributed by atoms with E-state index in [2.05, 4.69) is 4.98 Å². The molecular weight excluding hydrogens is 360 g/mol. The molecule has 7 heteroatoms. The van der Waals surface area contributed by atoms with Gasteiger partial charge in [-0.25, -0.2) is 9.78 Å². The Labute approximate surface area is 165 Å². The zero-order valence-electron chi connectivity index (χ0n) is 17.3. The van der Waals surface area contributed by atoms with Crippen molar-refractivity contribution in [1.29, 1.82) is 0 Å². The van der Waals surface area contributed by atoms with E-state index in [0.29, 0.717) is 23.7 Å². The van der Waals surface area contributed by atoms with E-state index in [4.69, 9.17) is 14.2 Å². The van der Waals surface area contributed by atoms with Crippen molar-refractivity contribution in [3.63, 3.8) is 0 Å². The number of benzene rings is 1. The number of ether oxygens (including phenoxy) is 3. The lowest BCUT2D eigenvalue weighted by molar-refractivity contribution is 0.0597. The van der Waals surface area contributed by atoms with Crippen molar-refractivity contribution < 1.29 is 24.1 Å². The van der Waals surface area contributed by atoms with Crippen molar-refractivity contribution in [2.24, 2.45) is 0 Å². The van der Waals surface area contributed by atoms with Crippen molar-refractivity contribution in [1.82, 2.24) is 4.98 Å². The monoisotopic (exact) mass is 388 g/mol. The van der Waals surface area contributed by atoms with Crippen LogP contribution in [0.25, 0.3) is 0 Å². The molecule has 1 aromatic carbocycles. The summed E-state index contributed by atoms with van der Waals surface area (Å²) >= 11 is 0. The van der Waals surface area contributed by atoms with E-state index in [-0.39, 0.29) is 18.2 Å². The number of carbonyl (C=O) groups excluding carboxylic acids is 1. The van der Waals surface area contributed by atoms with Crippen LogP contribution in [0, 0.1) is 20.8 Å². The zero-order chi connectivity index (χ0) is 20.8. The van der Waals surface area contributed by atoms with E-state index in [1.54, 1.807) is 18.1 Å². The molecular formula is C21H28N2O5. The number of aryl methyl sites for hydroxylation is 3. The van der Waals surface area contributed by atoms with Crippen LogP contribution in [0.3, 0.4) is 0 Å². The van der Waals surface area contributed by atoms with Crippen molar-refractivity contribution in [3.05, 3.63) is 40.6 Å². The molecule has 1 N–H and O–H groups in total. The number of rotatable bonds is 8. The highest BCUT2D eigenvalue weighted by Crippen LogP contribution is 2.36. The molecule has 1 heterocycles. The fourth-order valence-corrected chi connectivity index (χ4v) is 3.07. The fraction of sp³-hybridized carbons (Fsp3) is 0.429. The highest BCUT2D eigenvalue weighted by molar-refractivity contribution is 5.98. The first kappa shape index (κ1) is 21.5. The second-order valence-electron chi connectivity index (χ2n) is 6.55. The maximum Gasteiger partial charge on any atom is 0.345 e. The molecule has 2 rings (SSSR count). The first-order valence-corrected chi connectivity index (χ1v) is 9.15. The molecule has 0 bridgehead atoms. The first-order chi connectivity index (χ1) is 13.4. The van der Waals surface area contributed by atoms with Crippen LogP contribution in [0.1, 0.15) is 40.5 Å². The Morgan fingerprint density at radius 2 is 1.79 bits per heavy atom. The molecule has 0 aliphatic rings. The molecule has 152 valence electrons. The second kappa shape index (κ2) is 9.41. The standard InChI is InChI=1S/C21H28N2O5/c1-7-8-23(12-24)17-11-15(4)22-20(18(17)21(25)27-6)28-19-13(2)9-16(26-5)10-14(19)3/h9-11,24H,7-8,12H2,1-6H3. The summed E-state index contributed by atoms with van der Waals surface area (Å²) in [4.78, 5) is 18.7. The number of aliphatic hydroxyl groups excluding tert-OH is 1. The molecule has 0 atom stereocenters. The van der Waals surface area contributed by atoms with E-state index >= 15 is 0 Å². The Morgan fingerprint density at radius 1 is 1.14 bits per heavy atom. The van der Waals surface area contributed by atoms with Gasteiger partial charge in [0.25, 0.3) is 0 Å². The lowest BCUT2D eigenvalue weighted by Crippen LogP contribution is -2.27. The summed E-state index contributed by atoms with van der Waals surface area (Å²) in [6, 6.07) is 5.46. The third kappa shape index (κ3) is 4.54. The van der Waals surface area contributed by atoms with Gasteiger partial charge in [0.15, 0.2) is 0 Å². The van der Waals surface area contributed by atoms with Crippen LogP contribution < -0.4 is 14.4 Å². The Hall–Kier alpha value is -2.80. The summed E-state index contributed by atoms with van der Waals surface area (Å²) in [6.07, 6.45) is 0.801. The van der Waals surface area contributed by atoms with Crippen LogP contribution in [0.2, 0.25) is 0 Å². The number of aromatic nitrogens is 1. The predicted molar refractivity (Wildman–Crippen MR) is 108 cm³/mol. The number of methoxy groups -OCH3 is 2. The molecule has 28 heavy (non-hydrogen) atoms. The summed E-state index contributed by atoms with van der Waals surface area (Å²) in [5.74, 6) is 0.896. The summed E-state index contributed by atoms with van der Waals surface area (Å²) in [5.41, 5.74) is 3.08. The van der Waals surface area contributed by atoms with Gasteiger partial charge in [-0.2, -0.15) is 0 Å². The van der Waals surface area contributed by atoms with Crippen molar-refractivity contribution in [2.75, 3.05) is 32.4 Å². The zero-order valence-corrected chi connectivity index (χ0v) is 17.3. The number of carbonyl (C=O) groups is 1. The van der Waals surface area contributed by atoms with Crippen LogP contribution in [0.5, 0.6) is 17.4 Å². The maximum absolute atomic E-state index is 12.6. The molecule has 0 fully saturated rings. The first-order valence-electron chi connectivity index (χ1n) is 9.15. The van der Waals surface area contributed by atoms with Gasteiger partial charge in [0.2, 0.25) is 5.88 Å². The maximum atomic E-state index is 12.6. The minimum atomic E-state index is -0.573. The SMILES string of the molecule is CCCN(CO)c1cc(C)nc(Oc2c(C)cc(OC)cc2C)c1C(=O)OC. The predicted octanol–water partition coefficient (Wildman–Crippen LogP) is 3.76. The lowest BCUT2D eigenvalue weighted by Gasteiger charge is -2.25. The molecule has 0 unspecified atom stereocenters. The summed E-state index contributed by atoms with van der Waals surface area (Å²) in [5, 5.41) is 9.81. The Balaban J connectivity index is 2.64. The molecule has 0 saturated carbocycles. The third-order valence-electron chi connectivity index (χ3n) is 4.36. The lowest BCUT2D eigenvalue weighted by atomic mass is 10.1. The van der Waals surface area contributed by atoms with Gasteiger partial charge in [0, 0.05) is 12.2 Å². The molecule has 0 amide bonds. The number of hydrogen-bond acceptors (Lipinski definition) is 7. The Morgan fingerprint density at radius 3 is 2.29 bits per heavy atom. The minimum Gasteiger partial charge on any atom is -0.497 e. The quantitative estimate of drug-likeness (QED) is 0.545. The number of pyridine rings is 1. The number of nitrogens with zero attached hydrogens (tertiary/aromatic N) is 2. The summed E-state index contributed by atoms with van der Waals surface area (Å²) in [6.45, 7) is 7.95. The van der Waals surface area contributed by atoms with Crippen molar-refractivity contribution in [3.8, 4) is 17.4 Å². The van der Waals surface area contributed by atoms with Crippen molar-refractivity contribution >= 4 is 11.7 Å². The largest absolute Gasteiger partial charge is 0.497 e. The van der Waals surface area contributed by atoms with Gasteiger partial charge in [-0.3, -0.25) is 0 Å². The van der Waals surface area contributed by atoms with Crippen LogP contribution >= 0.6 is 0 Å². The van der Waals surface area contributed by atoms with E-state index < -0.39 is 5.97 Å². The molecule has 0 spiro atoms. The smallest absolute Gasteiger partial charge is 0.345 e. The third-order valence-corrected chi connectivity index (χ3v) is 4.36. The van der Waals surface area contributed by atoms with Gasteiger partial charge in [0.1, 0.15) is 23.8 Å². The molecule has 0 radical (unpaired) electrons. The van der Waals surface area contributed by atoms with Gasteiger partial charge in [-0.1, -0.05) is 6.92 Å². The van der Waals surface area contributed by atoms with E-state index in [1.165, 1.54) is 7.11 Å². The van der Waals surface area contributed by atoms with E-state index in [1.807, 2.05) is 39.8 Å². The van der Waals surface area contributed by atoms with Crippen molar-refractivity contribution in [2.45, 2.75) is 34.1 Å². The number of esters is 1. The van der Waals surface area contributed by atoms with E-state index in [9.17, 15) is 9.90 Å². The number of hydrogen-bond donors (Lipinski definition) is 1. The fourth-order valence-electron chi connectivity index (χ4n) is 3.07. The van der Waals surface area contributed by atoms with Gasteiger partial charge in [-0.05, 0) is 56.5 Å². The van der Waals surface area contributed by atoms with Gasteiger partial charge in [0.05, 0.1) is 19.9 Å². The highest BCUT2D eigenvalue weighted by Gasteiger charge is 2.25. The normalized spacial score (nSPS) is 10.5. The molecule has 0 aliphatic carbocycles. The second-order valence-corrected chi connectivity index (χ2v) is 6.55. The summed E-state index contributed by atoms with van der Waals surface area (Å²) in [7, 11) is 2.92. The average molecular weight is 388 g/mol. The highest BCUT2D eigenvalue weighted by atomic mass is 16.5. The summed E-state index contributed by atoms with van der Waals surface area (Å²) < 4.78 is 16.4. The van der Waals surface area contributed by atoms with Gasteiger partial charge in [-0.15, -0.1) is 0 Å². The molecule has 2 aromatic rings. The van der Waals surface area contributed by atoms with E-state index in [0.717, 1.165) is 23.3 Å². The van der Waals surface area contributed by atoms with Gasteiger partial charge >= 0.3 is 5.97 Å². The molecule has 1 aromatic heterocycles. The van der Waals surface area contributed by atoms with Crippen LogP contribution in [0.15, 0.2) is 18.2 Å². The average Bonchev–Trinajstić information content (AvgIpc) is 2.67. The van der Waals surface area contributed by atoms with Crippen LogP contribution in [-0.4, -0.2) is 43.6 Å². The van der Waals surface area contributed by atoms with Gasteiger partial charge < -0.3 is 24.2 Å². The Bertz CT molecular complexity index is 828. The number of aliphatic hydroxyl groups is 1. The van der Waals surface area contributed by atoms with Crippen LogP contribution in [-0.2, 0) is 4.74 Å². The molecule has 0 aliphatic heterocycles.